The summed E-state index contributed by atoms with van der Waals surface area (Å²) in [5, 5.41) is 10.8. The van der Waals surface area contributed by atoms with Gasteiger partial charge in [0.15, 0.2) is 0 Å². The third-order valence-corrected chi connectivity index (χ3v) is 4.92. The average Bonchev–Trinajstić information content (AvgIpc) is 3.04. The maximum atomic E-state index is 14.7. The Bertz CT molecular complexity index is 887. The van der Waals surface area contributed by atoms with Crippen LogP contribution in [-0.2, 0) is 5.66 Å². The van der Waals surface area contributed by atoms with E-state index in [1.807, 2.05) is 6.92 Å². The normalized spacial score (nSPS) is 16.4. The van der Waals surface area contributed by atoms with Gasteiger partial charge in [0.2, 0.25) is 11.8 Å². The summed E-state index contributed by atoms with van der Waals surface area (Å²) in [5.41, 5.74) is -0.846. The first-order chi connectivity index (χ1) is 13.2. The van der Waals surface area contributed by atoms with Crippen LogP contribution in [0.2, 0.25) is 5.02 Å². The topological polar surface area (TPSA) is 81.2 Å². The Labute approximate surface area is 168 Å². The molecular formula is C18H23ClFN7O. The maximum Gasteiger partial charge on any atom is 0.319 e. The number of nitrogens with zero attached hydrogens (tertiary/aromatic N) is 5. The van der Waals surface area contributed by atoms with Gasteiger partial charge in [-0.05, 0) is 32.9 Å². The van der Waals surface area contributed by atoms with Gasteiger partial charge in [-0.1, -0.05) is 11.6 Å². The standard InChI is InChI=1S/C18H23ClFN7O/c1-12-14(10-27(26-12)17(2,3)21-4)24-16-23-9-13(19)15(25-16)28-11-18(20)5-7-22-8-6-18/h9-10,22H,5-8,11H2,1-3H3,(H,23,24,25). The van der Waals surface area contributed by atoms with Crippen LogP contribution in [0.4, 0.5) is 16.0 Å². The van der Waals surface area contributed by atoms with Crippen LogP contribution < -0.4 is 15.4 Å². The maximum absolute atomic E-state index is 14.7. The number of rotatable bonds is 6. The lowest BCUT2D eigenvalue weighted by Crippen LogP contribution is -2.42. The Morgan fingerprint density at radius 2 is 2.18 bits per heavy atom. The summed E-state index contributed by atoms with van der Waals surface area (Å²) in [5.74, 6) is 0.377. The molecule has 1 saturated heterocycles. The fourth-order valence-electron chi connectivity index (χ4n) is 2.76. The Kier molecular flexibility index (Phi) is 5.72. The molecule has 3 heterocycles. The molecule has 0 spiro atoms. The van der Waals surface area contributed by atoms with Crippen LogP contribution in [0.25, 0.3) is 4.85 Å². The zero-order chi connectivity index (χ0) is 20.4. The third-order valence-electron chi connectivity index (χ3n) is 4.66. The smallest absolute Gasteiger partial charge is 0.319 e. The van der Waals surface area contributed by atoms with E-state index >= 15 is 0 Å². The fourth-order valence-corrected chi connectivity index (χ4v) is 2.91. The van der Waals surface area contributed by atoms with E-state index in [4.69, 9.17) is 22.9 Å². The second kappa shape index (κ2) is 7.89. The zero-order valence-electron chi connectivity index (χ0n) is 16.1. The van der Waals surface area contributed by atoms with Crippen LogP contribution in [0.3, 0.4) is 0 Å². The largest absolute Gasteiger partial charge is 0.473 e. The number of halogens is 2. The lowest BCUT2D eigenvalue weighted by atomic mass is 9.96. The lowest BCUT2D eigenvalue weighted by molar-refractivity contribution is 0.0520. The van der Waals surface area contributed by atoms with Crippen molar-refractivity contribution in [2.45, 2.75) is 44.9 Å². The minimum atomic E-state index is -1.39. The molecule has 0 radical (unpaired) electrons. The highest BCUT2D eigenvalue weighted by atomic mass is 35.5. The third kappa shape index (κ3) is 4.51. The molecule has 8 nitrogen and oxygen atoms in total. The highest BCUT2D eigenvalue weighted by Gasteiger charge is 2.33. The number of piperidine rings is 1. The highest BCUT2D eigenvalue weighted by Crippen LogP contribution is 2.29. The number of hydrogen-bond donors (Lipinski definition) is 2. The summed E-state index contributed by atoms with van der Waals surface area (Å²) in [7, 11) is 0. The molecule has 3 rings (SSSR count). The van der Waals surface area contributed by atoms with Crippen molar-refractivity contribution in [3.8, 4) is 5.88 Å². The number of anilines is 2. The molecule has 28 heavy (non-hydrogen) atoms. The molecule has 1 aliphatic rings. The summed E-state index contributed by atoms with van der Waals surface area (Å²) < 4.78 is 21.9. The van der Waals surface area contributed by atoms with Gasteiger partial charge in [0.05, 0.1) is 23.8 Å². The first-order valence-corrected chi connectivity index (χ1v) is 9.38. The zero-order valence-corrected chi connectivity index (χ0v) is 16.8. The van der Waals surface area contributed by atoms with Gasteiger partial charge in [0.25, 0.3) is 0 Å². The molecule has 2 aromatic heterocycles. The van der Waals surface area contributed by atoms with Crippen molar-refractivity contribution in [2.24, 2.45) is 0 Å². The summed E-state index contributed by atoms with van der Waals surface area (Å²) in [6.45, 7) is 13.8. The van der Waals surface area contributed by atoms with E-state index in [-0.39, 0.29) is 23.5 Å². The summed E-state index contributed by atoms with van der Waals surface area (Å²) in [6.07, 6.45) is 3.89. The van der Waals surface area contributed by atoms with Crippen LogP contribution in [0.5, 0.6) is 5.88 Å². The van der Waals surface area contributed by atoms with Crippen LogP contribution in [-0.4, -0.2) is 45.1 Å². The number of alkyl halides is 1. The van der Waals surface area contributed by atoms with Gasteiger partial charge >= 0.3 is 5.66 Å². The second-order valence-corrected chi connectivity index (χ2v) is 7.75. The van der Waals surface area contributed by atoms with Gasteiger partial charge < -0.3 is 15.4 Å². The molecule has 0 saturated carbocycles. The van der Waals surface area contributed by atoms with Gasteiger partial charge in [0, 0.05) is 13.8 Å². The van der Waals surface area contributed by atoms with Crippen molar-refractivity contribution in [1.29, 1.82) is 0 Å². The van der Waals surface area contributed by atoms with Gasteiger partial charge in [0.1, 0.15) is 17.3 Å². The van der Waals surface area contributed by atoms with E-state index in [1.54, 1.807) is 24.7 Å². The molecule has 150 valence electrons. The predicted molar refractivity (Wildman–Crippen MR) is 105 cm³/mol. The molecule has 0 atom stereocenters. The van der Waals surface area contributed by atoms with Crippen molar-refractivity contribution in [2.75, 3.05) is 25.0 Å². The summed E-state index contributed by atoms with van der Waals surface area (Å²) in [6, 6.07) is 0. The summed E-state index contributed by atoms with van der Waals surface area (Å²) >= 11 is 6.11. The molecule has 2 N–H and O–H groups in total. The van der Waals surface area contributed by atoms with E-state index < -0.39 is 11.3 Å². The van der Waals surface area contributed by atoms with Crippen LogP contribution in [0, 0.1) is 13.5 Å². The molecule has 2 aromatic rings. The minimum absolute atomic E-state index is 0.110. The first-order valence-electron chi connectivity index (χ1n) is 9.00. The van der Waals surface area contributed by atoms with Crippen LogP contribution >= 0.6 is 11.6 Å². The Morgan fingerprint density at radius 3 is 2.86 bits per heavy atom. The molecule has 0 bridgehead atoms. The number of ether oxygens (including phenoxy) is 1. The fraction of sp³-hybridized carbons (Fsp3) is 0.556. The number of aromatic nitrogens is 4. The van der Waals surface area contributed by atoms with Gasteiger partial charge in [-0.3, -0.25) is 4.85 Å². The summed E-state index contributed by atoms with van der Waals surface area (Å²) in [4.78, 5) is 12.0. The van der Waals surface area contributed by atoms with E-state index in [0.29, 0.717) is 37.3 Å². The van der Waals surface area contributed by atoms with Crippen molar-refractivity contribution >= 4 is 23.2 Å². The number of aryl methyl sites for hydroxylation is 1. The Hall–Kier alpha value is -2.44. The van der Waals surface area contributed by atoms with Crippen LogP contribution in [0.1, 0.15) is 32.4 Å². The van der Waals surface area contributed by atoms with Gasteiger partial charge in [-0.25, -0.2) is 15.9 Å². The molecule has 1 aliphatic heterocycles. The monoisotopic (exact) mass is 407 g/mol. The van der Waals surface area contributed by atoms with Gasteiger partial charge in [-0.15, -0.1) is 0 Å². The highest BCUT2D eigenvalue weighted by molar-refractivity contribution is 6.31. The Morgan fingerprint density at radius 1 is 1.46 bits per heavy atom. The average molecular weight is 408 g/mol. The molecule has 0 amide bonds. The molecule has 0 aromatic carbocycles. The Balaban J connectivity index is 1.74. The molecule has 1 fully saturated rings. The quantitative estimate of drug-likeness (QED) is 0.714. The van der Waals surface area contributed by atoms with Crippen molar-refractivity contribution in [1.82, 2.24) is 25.1 Å². The van der Waals surface area contributed by atoms with Crippen molar-refractivity contribution in [3.63, 3.8) is 0 Å². The lowest BCUT2D eigenvalue weighted by Gasteiger charge is -2.29. The molecule has 10 heteroatoms. The van der Waals surface area contributed by atoms with Gasteiger partial charge in [-0.2, -0.15) is 14.8 Å². The van der Waals surface area contributed by atoms with Crippen LogP contribution in [0.15, 0.2) is 12.4 Å². The molecular weight excluding hydrogens is 385 g/mol. The molecule has 0 unspecified atom stereocenters. The van der Waals surface area contributed by atoms with E-state index in [2.05, 4.69) is 30.5 Å². The SMILES string of the molecule is [C-]#[N+]C(C)(C)n1cc(Nc2ncc(Cl)c(OCC3(F)CCNCC3)n2)c(C)n1. The molecule has 0 aliphatic carbocycles. The van der Waals surface area contributed by atoms with E-state index in [9.17, 15) is 4.39 Å². The van der Waals surface area contributed by atoms with E-state index in [0.717, 1.165) is 0 Å². The first kappa shape index (κ1) is 20.3. The van der Waals surface area contributed by atoms with Crippen molar-refractivity contribution < 1.29 is 9.13 Å². The second-order valence-electron chi connectivity index (χ2n) is 7.34. The minimum Gasteiger partial charge on any atom is -0.473 e. The number of nitrogens with one attached hydrogen (secondary N) is 2. The van der Waals surface area contributed by atoms with Crippen molar-refractivity contribution in [3.05, 3.63) is 34.5 Å². The van der Waals surface area contributed by atoms with E-state index in [1.165, 1.54) is 6.20 Å². The predicted octanol–water partition coefficient (Wildman–Crippen LogP) is 3.46. The number of hydrogen-bond acceptors (Lipinski definition) is 6.